The Morgan fingerprint density at radius 2 is 1.84 bits per heavy atom. The van der Waals surface area contributed by atoms with Gasteiger partial charge in [0.05, 0.1) is 28.8 Å². The molecule has 172 valence electrons. The zero-order valence-electron chi connectivity index (χ0n) is 16.8. The fourth-order valence-corrected chi connectivity index (χ4v) is 5.17. The summed E-state index contributed by atoms with van der Waals surface area (Å²) in [5, 5.41) is 1.77. The molecule has 1 aliphatic rings. The quantitative estimate of drug-likeness (QED) is 0.591. The van der Waals surface area contributed by atoms with Gasteiger partial charge in [-0.3, -0.25) is 14.9 Å². The summed E-state index contributed by atoms with van der Waals surface area (Å²) in [4.78, 5) is 36.2. The number of ether oxygens (including phenoxy) is 2. The minimum atomic E-state index is -4.01. The molecule has 2 heterocycles. The molecular formula is C19H19Cl2N3O7S. The van der Waals surface area contributed by atoms with E-state index < -0.39 is 34.4 Å². The Kier molecular flexibility index (Phi) is 7.57. The predicted octanol–water partition coefficient (Wildman–Crippen LogP) is 1.47. The first-order chi connectivity index (χ1) is 15.1. The van der Waals surface area contributed by atoms with Gasteiger partial charge in [-0.15, -0.1) is 0 Å². The summed E-state index contributed by atoms with van der Waals surface area (Å²) in [6.45, 7) is -0.0435. The van der Waals surface area contributed by atoms with Gasteiger partial charge >= 0.3 is 5.97 Å². The van der Waals surface area contributed by atoms with E-state index >= 15 is 0 Å². The van der Waals surface area contributed by atoms with Gasteiger partial charge < -0.3 is 14.0 Å². The van der Waals surface area contributed by atoms with E-state index in [4.69, 9.17) is 32.7 Å². The summed E-state index contributed by atoms with van der Waals surface area (Å²) < 4.78 is 38.6. The molecule has 10 nitrogen and oxygen atoms in total. The Morgan fingerprint density at radius 3 is 2.47 bits per heavy atom. The van der Waals surface area contributed by atoms with Crippen LogP contribution >= 0.6 is 23.2 Å². The van der Waals surface area contributed by atoms with Crippen LogP contribution in [0.1, 0.15) is 20.8 Å². The second kappa shape index (κ2) is 10.0. The topological polar surface area (TPSA) is 124 Å². The van der Waals surface area contributed by atoms with Crippen molar-refractivity contribution in [2.75, 3.05) is 32.9 Å². The van der Waals surface area contributed by atoms with Gasteiger partial charge in [0.25, 0.3) is 11.8 Å². The number of halogens is 2. The summed E-state index contributed by atoms with van der Waals surface area (Å²) in [6, 6.07) is 5.26. The summed E-state index contributed by atoms with van der Waals surface area (Å²) in [5.74, 6) is -2.58. The van der Waals surface area contributed by atoms with Crippen LogP contribution in [-0.4, -0.2) is 68.0 Å². The van der Waals surface area contributed by atoms with Gasteiger partial charge in [0.2, 0.25) is 10.0 Å². The Labute approximate surface area is 194 Å². The number of esters is 1. The minimum Gasteiger partial charge on any atom is -0.452 e. The number of benzene rings is 1. The van der Waals surface area contributed by atoms with Crippen molar-refractivity contribution >= 4 is 51.0 Å². The van der Waals surface area contributed by atoms with Crippen molar-refractivity contribution < 1.29 is 32.3 Å². The third-order valence-electron chi connectivity index (χ3n) is 4.59. The van der Waals surface area contributed by atoms with Gasteiger partial charge in [-0.25, -0.2) is 13.2 Å². The van der Waals surface area contributed by atoms with E-state index in [9.17, 15) is 22.8 Å². The van der Waals surface area contributed by atoms with Gasteiger partial charge in [-0.05, 0) is 24.3 Å². The second-order valence-corrected chi connectivity index (χ2v) is 9.46. The molecule has 13 heteroatoms. The average Bonchev–Trinajstić information content (AvgIpc) is 3.18. The van der Waals surface area contributed by atoms with Crippen molar-refractivity contribution in [2.45, 2.75) is 4.90 Å². The van der Waals surface area contributed by atoms with Gasteiger partial charge in [0.15, 0.2) is 6.61 Å². The molecule has 0 saturated carbocycles. The fourth-order valence-electron chi connectivity index (χ4n) is 2.94. The highest BCUT2D eigenvalue weighted by Gasteiger charge is 2.30. The number of carbonyl (C=O) groups is 3. The van der Waals surface area contributed by atoms with Crippen LogP contribution in [0.3, 0.4) is 0 Å². The number of hydrogen-bond donors (Lipinski definition) is 1. The van der Waals surface area contributed by atoms with Crippen LogP contribution < -0.4 is 5.32 Å². The largest absolute Gasteiger partial charge is 0.452 e. The van der Waals surface area contributed by atoms with Crippen LogP contribution in [0.4, 0.5) is 0 Å². The summed E-state index contributed by atoms with van der Waals surface area (Å²) in [5.41, 5.74) is -0.0483. The lowest BCUT2D eigenvalue weighted by atomic mass is 10.2. The molecule has 1 aromatic heterocycles. The first kappa shape index (κ1) is 24.2. The van der Waals surface area contributed by atoms with E-state index in [-0.39, 0.29) is 52.5 Å². The van der Waals surface area contributed by atoms with Crippen LogP contribution in [0.2, 0.25) is 10.0 Å². The van der Waals surface area contributed by atoms with E-state index in [0.29, 0.717) is 0 Å². The average molecular weight is 504 g/mol. The zero-order chi connectivity index (χ0) is 23.5. The maximum absolute atomic E-state index is 12.9. The predicted molar refractivity (Wildman–Crippen MR) is 114 cm³/mol. The lowest BCUT2D eigenvalue weighted by Gasteiger charge is -2.26. The number of hydrogen-bond acceptors (Lipinski definition) is 7. The van der Waals surface area contributed by atoms with E-state index in [1.165, 1.54) is 14.9 Å². The molecule has 2 aromatic rings. The lowest BCUT2D eigenvalue weighted by Crippen LogP contribution is -2.40. The third kappa shape index (κ3) is 5.30. The summed E-state index contributed by atoms with van der Waals surface area (Å²) >= 11 is 12.1. The van der Waals surface area contributed by atoms with Crippen molar-refractivity contribution in [3.05, 3.63) is 51.8 Å². The van der Waals surface area contributed by atoms with Crippen molar-refractivity contribution in [1.29, 1.82) is 0 Å². The lowest BCUT2D eigenvalue weighted by molar-refractivity contribution is -0.123. The molecule has 0 bridgehead atoms. The van der Waals surface area contributed by atoms with Gasteiger partial charge in [-0.2, -0.15) is 4.31 Å². The van der Waals surface area contributed by atoms with E-state index in [1.807, 2.05) is 0 Å². The number of aryl methyl sites for hydroxylation is 1. The Hall–Kier alpha value is -2.44. The molecule has 32 heavy (non-hydrogen) atoms. The molecule has 0 radical (unpaired) electrons. The van der Waals surface area contributed by atoms with Crippen LogP contribution in [0.15, 0.2) is 35.4 Å². The zero-order valence-corrected chi connectivity index (χ0v) is 19.2. The van der Waals surface area contributed by atoms with E-state index in [0.717, 1.165) is 12.1 Å². The van der Waals surface area contributed by atoms with Crippen LogP contribution in [0, 0.1) is 0 Å². The molecule has 0 aliphatic carbocycles. The number of imide groups is 1. The Morgan fingerprint density at radius 1 is 1.16 bits per heavy atom. The highest BCUT2D eigenvalue weighted by Crippen LogP contribution is 2.31. The number of rotatable bonds is 6. The van der Waals surface area contributed by atoms with Crippen LogP contribution in [0.5, 0.6) is 0 Å². The normalized spacial score (nSPS) is 14.7. The number of carbonyl (C=O) groups excluding carboxylic acids is 3. The monoisotopic (exact) mass is 503 g/mol. The molecular weight excluding hydrogens is 485 g/mol. The van der Waals surface area contributed by atoms with Gasteiger partial charge in [0, 0.05) is 26.3 Å². The third-order valence-corrected chi connectivity index (χ3v) is 7.27. The summed E-state index contributed by atoms with van der Waals surface area (Å²) in [6.07, 6.45) is 1.63. The van der Waals surface area contributed by atoms with Crippen molar-refractivity contribution in [2.24, 2.45) is 7.05 Å². The number of amides is 2. The smallest absolute Gasteiger partial charge is 0.340 e. The van der Waals surface area contributed by atoms with E-state index in [2.05, 4.69) is 5.32 Å². The molecule has 1 N–H and O–H groups in total. The minimum absolute atomic E-state index is 0.135. The summed E-state index contributed by atoms with van der Waals surface area (Å²) in [7, 11) is -2.38. The molecule has 0 unspecified atom stereocenters. The highest BCUT2D eigenvalue weighted by atomic mass is 35.5. The molecule has 0 atom stereocenters. The van der Waals surface area contributed by atoms with Gasteiger partial charge in [0.1, 0.15) is 10.6 Å². The van der Waals surface area contributed by atoms with Gasteiger partial charge in [-0.1, -0.05) is 23.2 Å². The molecule has 1 fully saturated rings. The number of aromatic nitrogens is 1. The molecule has 2 amide bonds. The number of nitrogens with one attached hydrogen (secondary N) is 1. The molecule has 0 spiro atoms. The first-order valence-electron chi connectivity index (χ1n) is 9.31. The van der Waals surface area contributed by atoms with Crippen molar-refractivity contribution in [1.82, 2.24) is 14.2 Å². The van der Waals surface area contributed by atoms with Crippen LogP contribution in [-0.2, 0) is 31.3 Å². The SMILES string of the molecule is Cn1cccc1C(=O)NC(=O)COC(=O)c1cc(S(=O)(=O)N2CCOCC2)c(Cl)cc1Cl. The maximum Gasteiger partial charge on any atom is 0.340 e. The number of nitrogens with zero attached hydrogens (tertiary/aromatic N) is 2. The van der Waals surface area contributed by atoms with E-state index in [1.54, 1.807) is 19.3 Å². The standard InChI is InChI=1S/C19H19Cl2N3O7S/c1-23-4-2-3-15(23)18(26)22-17(25)11-31-19(27)12-9-16(14(21)10-13(12)20)32(28,29)24-5-7-30-8-6-24/h2-4,9-10H,5-8,11H2,1H3,(H,22,25,26). The van der Waals surface area contributed by atoms with Crippen LogP contribution in [0.25, 0.3) is 0 Å². The second-order valence-electron chi connectivity index (χ2n) is 6.74. The van der Waals surface area contributed by atoms with Crippen molar-refractivity contribution in [3.8, 4) is 0 Å². The molecule has 1 saturated heterocycles. The highest BCUT2D eigenvalue weighted by molar-refractivity contribution is 7.89. The first-order valence-corrected chi connectivity index (χ1v) is 11.5. The number of sulfonamides is 1. The van der Waals surface area contributed by atoms with Crippen molar-refractivity contribution in [3.63, 3.8) is 0 Å². The Bertz CT molecular complexity index is 1160. The Balaban J connectivity index is 1.71. The molecule has 1 aliphatic heterocycles. The molecule has 3 rings (SSSR count). The maximum atomic E-state index is 12.9. The number of morpholine rings is 1. The fraction of sp³-hybridized carbons (Fsp3) is 0.316. The molecule has 1 aromatic carbocycles.